The summed E-state index contributed by atoms with van der Waals surface area (Å²) in [5.74, 6) is 0.462. The molecule has 0 aliphatic heterocycles. The molecule has 1 aromatic rings. The van der Waals surface area contributed by atoms with Crippen molar-refractivity contribution >= 4 is 5.91 Å². The van der Waals surface area contributed by atoms with E-state index in [0.717, 1.165) is 12.6 Å². The number of alkyl halides is 3. The van der Waals surface area contributed by atoms with Gasteiger partial charge in [-0.3, -0.25) is 4.79 Å². The second kappa shape index (κ2) is 7.00. The molecule has 0 unspecified atom stereocenters. The molecule has 7 heteroatoms. The molecule has 0 heterocycles. The van der Waals surface area contributed by atoms with Gasteiger partial charge in [0.05, 0.1) is 19.2 Å². The maximum Gasteiger partial charge on any atom is 0.416 e. The van der Waals surface area contributed by atoms with Crippen LogP contribution in [0, 0.1) is 5.92 Å². The number of hydrogen-bond acceptors (Lipinski definition) is 3. The molecule has 0 aromatic heterocycles. The van der Waals surface area contributed by atoms with E-state index in [1.807, 2.05) is 0 Å². The van der Waals surface area contributed by atoms with Crippen molar-refractivity contribution in [2.45, 2.75) is 25.6 Å². The van der Waals surface area contributed by atoms with E-state index in [1.54, 1.807) is 0 Å². The van der Waals surface area contributed by atoms with Crippen LogP contribution in [0.15, 0.2) is 18.2 Å². The maximum atomic E-state index is 13.0. The van der Waals surface area contributed by atoms with Crippen molar-refractivity contribution in [1.29, 1.82) is 0 Å². The number of ether oxygens (including phenoxy) is 1. The first-order valence-electron chi connectivity index (χ1n) is 7.11. The Balaban J connectivity index is 1.91. The van der Waals surface area contributed by atoms with Gasteiger partial charge >= 0.3 is 6.18 Å². The quantitative estimate of drug-likeness (QED) is 0.812. The van der Waals surface area contributed by atoms with Gasteiger partial charge in [0, 0.05) is 6.54 Å². The molecule has 22 heavy (non-hydrogen) atoms. The number of hydrogen-bond donors (Lipinski definition) is 2. The molecule has 1 saturated carbocycles. The highest BCUT2D eigenvalue weighted by Crippen LogP contribution is 2.34. The summed E-state index contributed by atoms with van der Waals surface area (Å²) in [5, 5.41) is 5.49. The summed E-state index contributed by atoms with van der Waals surface area (Å²) in [7, 11) is 1.31. The Morgan fingerprint density at radius 3 is 2.68 bits per heavy atom. The smallest absolute Gasteiger partial charge is 0.416 e. The van der Waals surface area contributed by atoms with Gasteiger partial charge in [0.15, 0.2) is 0 Å². The van der Waals surface area contributed by atoms with Crippen LogP contribution in [0.2, 0.25) is 0 Å². The molecule has 0 saturated heterocycles. The fourth-order valence-corrected chi connectivity index (χ4v) is 2.07. The van der Waals surface area contributed by atoms with Gasteiger partial charge in [-0.15, -0.1) is 0 Å². The van der Waals surface area contributed by atoms with Crippen LogP contribution in [0.4, 0.5) is 13.2 Å². The number of benzene rings is 1. The van der Waals surface area contributed by atoms with Crippen molar-refractivity contribution < 1.29 is 22.7 Å². The van der Waals surface area contributed by atoms with Gasteiger partial charge in [0.1, 0.15) is 5.75 Å². The SMILES string of the molecule is COc1ccc(CNC(=O)CNCC2CC2)c(C(F)(F)F)c1. The molecule has 1 amide bonds. The number of methoxy groups -OCH3 is 1. The first kappa shape index (κ1) is 16.6. The summed E-state index contributed by atoms with van der Waals surface area (Å²) >= 11 is 0. The van der Waals surface area contributed by atoms with Crippen molar-refractivity contribution in [2.75, 3.05) is 20.2 Å². The second-order valence-corrected chi connectivity index (χ2v) is 5.37. The zero-order valence-corrected chi connectivity index (χ0v) is 12.3. The highest BCUT2D eigenvalue weighted by atomic mass is 19.4. The van der Waals surface area contributed by atoms with Crippen LogP contribution in [-0.2, 0) is 17.5 Å². The Morgan fingerprint density at radius 1 is 1.36 bits per heavy atom. The van der Waals surface area contributed by atoms with Gasteiger partial charge in [-0.25, -0.2) is 0 Å². The molecule has 1 aliphatic carbocycles. The molecular weight excluding hydrogens is 297 g/mol. The van der Waals surface area contributed by atoms with Gasteiger partial charge in [0.2, 0.25) is 5.91 Å². The average Bonchev–Trinajstić information content (AvgIpc) is 3.28. The van der Waals surface area contributed by atoms with Crippen molar-refractivity contribution in [1.82, 2.24) is 10.6 Å². The number of carbonyl (C=O) groups excluding carboxylic acids is 1. The summed E-state index contributed by atoms with van der Waals surface area (Å²) in [6.07, 6.45) is -2.14. The average molecular weight is 316 g/mol. The Labute approximate surface area is 127 Å². The standard InChI is InChI=1S/C15H19F3N2O2/c1-22-12-5-4-11(13(6-12)15(16,17)18)8-20-14(21)9-19-7-10-2-3-10/h4-6,10,19H,2-3,7-9H2,1H3,(H,20,21). The lowest BCUT2D eigenvalue weighted by molar-refractivity contribution is -0.138. The Kier molecular flexibility index (Phi) is 5.28. The third-order valence-corrected chi connectivity index (χ3v) is 3.51. The van der Waals surface area contributed by atoms with E-state index >= 15 is 0 Å². The van der Waals surface area contributed by atoms with Gasteiger partial charge in [0.25, 0.3) is 0 Å². The number of carbonyl (C=O) groups is 1. The molecule has 2 N–H and O–H groups in total. The topological polar surface area (TPSA) is 50.4 Å². The third kappa shape index (κ3) is 4.91. The minimum absolute atomic E-state index is 0.0174. The molecule has 122 valence electrons. The van der Waals surface area contributed by atoms with Crippen molar-refractivity contribution in [3.8, 4) is 5.75 Å². The molecule has 2 rings (SSSR count). The molecular formula is C15H19F3N2O2. The predicted molar refractivity (Wildman–Crippen MR) is 75.4 cm³/mol. The monoisotopic (exact) mass is 316 g/mol. The molecule has 0 radical (unpaired) electrons. The number of rotatable bonds is 7. The third-order valence-electron chi connectivity index (χ3n) is 3.51. The first-order valence-corrected chi connectivity index (χ1v) is 7.11. The largest absolute Gasteiger partial charge is 0.497 e. The fourth-order valence-electron chi connectivity index (χ4n) is 2.07. The van der Waals surface area contributed by atoms with E-state index in [9.17, 15) is 18.0 Å². The van der Waals surface area contributed by atoms with Gasteiger partial charge in [-0.2, -0.15) is 13.2 Å². The summed E-state index contributed by atoms with van der Waals surface area (Å²) in [6, 6.07) is 3.70. The lowest BCUT2D eigenvalue weighted by Gasteiger charge is -2.15. The van der Waals surface area contributed by atoms with Crippen LogP contribution in [0.5, 0.6) is 5.75 Å². The van der Waals surface area contributed by atoms with E-state index in [0.29, 0.717) is 5.92 Å². The van der Waals surface area contributed by atoms with Crippen molar-refractivity contribution in [3.63, 3.8) is 0 Å². The van der Waals surface area contributed by atoms with E-state index in [4.69, 9.17) is 4.74 Å². The van der Waals surface area contributed by atoms with Crippen LogP contribution in [0.3, 0.4) is 0 Å². The van der Waals surface area contributed by atoms with Crippen LogP contribution < -0.4 is 15.4 Å². The number of nitrogens with one attached hydrogen (secondary N) is 2. The highest BCUT2D eigenvalue weighted by molar-refractivity contribution is 5.78. The minimum Gasteiger partial charge on any atom is -0.497 e. The van der Waals surface area contributed by atoms with E-state index in [2.05, 4.69) is 10.6 Å². The zero-order chi connectivity index (χ0) is 16.2. The normalized spacial score (nSPS) is 14.7. The molecule has 0 atom stereocenters. The lowest BCUT2D eigenvalue weighted by atomic mass is 10.1. The fraction of sp³-hybridized carbons (Fsp3) is 0.533. The Hall–Kier alpha value is -1.76. The molecule has 0 bridgehead atoms. The zero-order valence-electron chi connectivity index (χ0n) is 12.3. The maximum absolute atomic E-state index is 13.0. The molecule has 1 aromatic carbocycles. The summed E-state index contributed by atoms with van der Waals surface area (Å²) in [5.41, 5.74) is -0.776. The molecule has 1 aliphatic rings. The summed E-state index contributed by atoms with van der Waals surface area (Å²) in [6.45, 7) is 0.737. The number of halogens is 3. The molecule has 1 fully saturated rings. The first-order chi connectivity index (χ1) is 10.4. The minimum atomic E-state index is -4.49. The summed E-state index contributed by atoms with van der Waals surface area (Å²) < 4.78 is 43.8. The van der Waals surface area contributed by atoms with Crippen LogP contribution in [-0.4, -0.2) is 26.1 Å². The predicted octanol–water partition coefficient (Wildman–Crippen LogP) is 2.33. The van der Waals surface area contributed by atoms with Gasteiger partial charge in [-0.05, 0) is 43.0 Å². The Morgan fingerprint density at radius 2 is 2.09 bits per heavy atom. The Bertz CT molecular complexity index is 528. The van der Waals surface area contributed by atoms with Gasteiger partial charge < -0.3 is 15.4 Å². The van der Waals surface area contributed by atoms with Crippen LogP contribution >= 0.6 is 0 Å². The van der Waals surface area contributed by atoms with E-state index in [1.165, 1.54) is 32.1 Å². The van der Waals surface area contributed by atoms with E-state index < -0.39 is 11.7 Å². The summed E-state index contributed by atoms with van der Waals surface area (Å²) in [4.78, 5) is 11.6. The molecule has 4 nitrogen and oxygen atoms in total. The second-order valence-electron chi connectivity index (χ2n) is 5.37. The lowest BCUT2D eigenvalue weighted by Crippen LogP contribution is -2.34. The van der Waals surface area contributed by atoms with Crippen molar-refractivity contribution in [3.05, 3.63) is 29.3 Å². The van der Waals surface area contributed by atoms with Crippen LogP contribution in [0.25, 0.3) is 0 Å². The highest BCUT2D eigenvalue weighted by Gasteiger charge is 2.33. The van der Waals surface area contributed by atoms with Gasteiger partial charge in [-0.1, -0.05) is 6.07 Å². The molecule has 0 spiro atoms. The number of amides is 1. The van der Waals surface area contributed by atoms with Crippen molar-refractivity contribution in [2.24, 2.45) is 5.92 Å². The van der Waals surface area contributed by atoms with E-state index in [-0.39, 0.29) is 30.3 Å². The van der Waals surface area contributed by atoms with Crippen LogP contribution in [0.1, 0.15) is 24.0 Å².